The molecule has 0 aromatic heterocycles. The van der Waals surface area contributed by atoms with Gasteiger partial charge in [-0.2, -0.15) is 0 Å². The van der Waals surface area contributed by atoms with Gasteiger partial charge in [-0.15, -0.1) is 11.8 Å². The van der Waals surface area contributed by atoms with Crippen LogP contribution in [0.2, 0.25) is 0 Å². The summed E-state index contributed by atoms with van der Waals surface area (Å²) in [5.74, 6) is 0.358. The first-order valence-electron chi connectivity index (χ1n) is 5.94. The first kappa shape index (κ1) is 13.5. The van der Waals surface area contributed by atoms with Crippen LogP contribution in [0.3, 0.4) is 0 Å². The Morgan fingerprint density at radius 1 is 1.21 bits per heavy atom. The molecular formula is C15H16N2OS. The first-order valence-corrected chi connectivity index (χ1v) is 6.93. The molecule has 4 heteroatoms. The number of amides is 1. The molecule has 0 bridgehead atoms. The predicted octanol–water partition coefficient (Wildman–Crippen LogP) is 2.97. The maximum atomic E-state index is 11.1. The van der Waals surface area contributed by atoms with Gasteiger partial charge in [-0.05, 0) is 36.2 Å². The van der Waals surface area contributed by atoms with E-state index in [1.54, 1.807) is 17.8 Å². The van der Waals surface area contributed by atoms with Gasteiger partial charge in [0, 0.05) is 21.9 Å². The third-order valence-electron chi connectivity index (χ3n) is 2.89. The van der Waals surface area contributed by atoms with Gasteiger partial charge in [-0.3, -0.25) is 4.79 Å². The summed E-state index contributed by atoms with van der Waals surface area (Å²) >= 11 is 1.66. The summed E-state index contributed by atoms with van der Waals surface area (Å²) in [4.78, 5) is 12.2. The maximum absolute atomic E-state index is 11.1. The Balaban J connectivity index is 2.12. The summed E-state index contributed by atoms with van der Waals surface area (Å²) in [6, 6.07) is 13.4. The SMILES string of the molecule is Cc1cccc(SCc2cccc(C(N)=O)c2)c1N. The number of carbonyl (C=O) groups excluding carboxylic acids is 1. The molecule has 0 radical (unpaired) electrons. The molecule has 2 aromatic rings. The third kappa shape index (κ3) is 3.29. The van der Waals surface area contributed by atoms with E-state index >= 15 is 0 Å². The molecular weight excluding hydrogens is 256 g/mol. The predicted molar refractivity (Wildman–Crippen MR) is 80.1 cm³/mol. The molecule has 0 aliphatic heterocycles. The van der Waals surface area contributed by atoms with Gasteiger partial charge in [0.2, 0.25) is 5.91 Å². The topological polar surface area (TPSA) is 69.1 Å². The number of anilines is 1. The summed E-state index contributed by atoms with van der Waals surface area (Å²) in [6.45, 7) is 1.99. The molecule has 2 rings (SSSR count). The van der Waals surface area contributed by atoms with Crippen LogP contribution in [0.25, 0.3) is 0 Å². The fraction of sp³-hybridized carbons (Fsp3) is 0.133. The molecule has 0 atom stereocenters. The van der Waals surface area contributed by atoms with Gasteiger partial charge in [-0.25, -0.2) is 0 Å². The molecule has 4 N–H and O–H groups in total. The van der Waals surface area contributed by atoms with Crippen molar-refractivity contribution in [2.24, 2.45) is 5.73 Å². The number of rotatable bonds is 4. The number of thioether (sulfide) groups is 1. The van der Waals surface area contributed by atoms with Crippen molar-refractivity contribution < 1.29 is 4.79 Å². The van der Waals surface area contributed by atoms with E-state index < -0.39 is 5.91 Å². The van der Waals surface area contributed by atoms with Gasteiger partial charge in [0.1, 0.15) is 0 Å². The van der Waals surface area contributed by atoms with Crippen molar-refractivity contribution in [1.29, 1.82) is 0 Å². The van der Waals surface area contributed by atoms with Crippen molar-refractivity contribution in [1.82, 2.24) is 0 Å². The molecule has 3 nitrogen and oxygen atoms in total. The highest BCUT2D eigenvalue weighted by Gasteiger charge is 2.05. The second-order valence-electron chi connectivity index (χ2n) is 4.34. The Labute approximate surface area is 117 Å². The molecule has 0 saturated carbocycles. The van der Waals surface area contributed by atoms with E-state index in [9.17, 15) is 4.79 Å². The molecule has 1 amide bonds. The van der Waals surface area contributed by atoms with Crippen LogP contribution in [-0.2, 0) is 5.75 Å². The highest BCUT2D eigenvalue weighted by molar-refractivity contribution is 7.98. The Kier molecular flexibility index (Phi) is 4.12. The number of carbonyl (C=O) groups is 1. The van der Waals surface area contributed by atoms with Crippen molar-refractivity contribution >= 4 is 23.4 Å². The number of nitrogen functional groups attached to an aromatic ring is 1. The number of hydrogen-bond donors (Lipinski definition) is 2. The summed E-state index contributed by atoms with van der Waals surface area (Å²) < 4.78 is 0. The van der Waals surface area contributed by atoms with Gasteiger partial charge < -0.3 is 11.5 Å². The van der Waals surface area contributed by atoms with Crippen LogP contribution < -0.4 is 11.5 Å². The zero-order valence-electron chi connectivity index (χ0n) is 10.7. The minimum Gasteiger partial charge on any atom is -0.398 e. The molecule has 0 unspecified atom stereocenters. The largest absolute Gasteiger partial charge is 0.398 e. The average molecular weight is 272 g/mol. The van der Waals surface area contributed by atoms with Crippen molar-refractivity contribution in [3.05, 3.63) is 59.2 Å². The maximum Gasteiger partial charge on any atom is 0.248 e. The highest BCUT2D eigenvalue weighted by atomic mass is 32.2. The van der Waals surface area contributed by atoms with Crippen LogP contribution in [0.4, 0.5) is 5.69 Å². The lowest BCUT2D eigenvalue weighted by atomic mass is 10.1. The Hall–Kier alpha value is -1.94. The standard InChI is InChI=1S/C15H16N2OS/c1-10-4-2-7-13(14(10)16)19-9-11-5-3-6-12(8-11)15(17)18/h2-8H,9,16H2,1H3,(H2,17,18). The van der Waals surface area contributed by atoms with Gasteiger partial charge in [0.05, 0.1) is 0 Å². The van der Waals surface area contributed by atoms with Crippen LogP contribution in [0.1, 0.15) is 21.5 Å². The number of benzene rings is 2. The molecule has 19 heavy (non-hydrogen) atoms. The van der Waals surface area contributed by atoms with E-state index in [1.165, 1.54) is 0 Å². The van der Waals surface area contributed by atoms with Crippen molar-refractivity contribution in [3.63, 3.8) is 0 Å². The quantitative estimate of drug-likeness (QED) is 0.664. The molecule has 0 heterocycles. The lowest BCUT2D eigenvalue weighted by Gasteiger charge is -2.08. The number of primary amides is 1. The smallest absolute Gasteiger partial charge is 0.248 e. The normalized spacial score (nSPS) is 10.4. The van der Waals surface area contributed by atoms with Crippen LogP contribution in [0.5, 0.6) is 0 Å². The highest BCUT2D eigenvalue weighted by Crippen LogP contribution is 2.30. The average Bonchev–Trinajstić information content (AvgIpc) is 2.41. The number of hydrogen-bond acceptors (Lipinski definition) is 3. The zero-order valence-corrected chi connectivity index (χ0v) is 11.5. The van der Waals surface area contributed by atoms with Crippen LogP contribution in [-0.4, -0.2) is 5.91 Å². The molecule has 0 spiro atoms. The zero-order chi connectivity index (χ0) is 13.8. The van der Waals surface area contributed by atoms with E-state index in [4.69, 9.17) is 11.5 Å². The van der Waals surface area contributed by atoms with E-state index in [0.29, 0.717) is 5.56 Å². The van der Waals surface area contributed by atoms with Crippen molar-refractivity contribution in [2.45, 2.75) is 17.6 Å². The fourth-order valence-corrected chi connectivity index (χ4v) is 2.75. The second kappa shape index (κ2) is 5.80. The summed E-state index contributed by atoms with van der Waals surface area (Å²) in [7, 11) is 0. The molecule has 0 saturated heterocycles. The Morgan fingerprint density at radius 2 is 1.95 bits per heavy atom. The lowest BCUT2D eigenvalue weighted by molar-refractivity contribution is 0.1000. The summed E-state index contributed by atoms with van der Waals surface area (Å²) in [5.41, 5.74) is 14.8. The first-order chi connectivity index (χ1) is 9.08. The lowest BCUT2D eigenvalue weighted by Crippen LogP contribution is -2.10. The molecule has 2 aromatic carbocycles. The fourth-order valence-electron chi connectivity index (χ4n) is 1.76. The Bertz CT molecular complexity index is 611. The van der Waals surface area contributed by atoms with E-state index in [1.807, 2.05) is 43.3 Å². The third-order valence-corrected chi connectivity index (χ3v) is 4.03. The van der Waals surface area contributed by atoms with E-state index in [2.05, 4.69) is 0 Å². The number of nitrogens with two attached hydrogens (primary N) is 2. The van der Waals surface area contributed by atoms with Gasteiger partial charge in [-0.1, -0.05) is 24.3 Å². The molecule has 0 fully saturated rings. The minimum atomic E-state index is -0.401. The minimum absolute atomic E-state index is 0.401. The number of aryl methyl sites for hydroxylation is 1. The monoisotopic (exact) mass is 272 g/mol. The van der Waals surface area contributed by atoms with E-state index in [-0.39, 0.29) is 0 Å². The number of para-hydroxylation sites is 1. The van der Waals surface area contributed by atoms with Crippen molar-refractivity contribution in [2.75, 3.05) is 5.73 Å². The second-order valence-corrected chi connectivity index (χ2v) is 5.36. The molecule has 0 aliphatic rings. The molecule has 98 valence electrons. The van der Waals surface area contributed by atoms with Crippen LogP contribution in [0.15, 0.2) is 47.4 Å². The van der Waals surface area contributed by atoms with Crippen LogP contribution in [0, 0.1) is 6.92 Å². The summed E-state index contributed by atoms with van der Waals surface area (Å²) in [5, 5.41) is 0. The summed E-state index contributed by atoms with van der Waals surface area (Å²) in [6.07, 6.45) is 0. The van der Waals surface area contributed by atoms with Gasteiger partial charge in [0.15, 0.2) is 0 Å². The molecule has 0 aliphatic carbocycles. The van der Waals surface area contributed by atoms with Gasteiger partial charge >= 0.3 is 0 Å². The van der Waals surface area contributed by atoms with Gasteiger partial charge in [0.25, 0.3) is 0 Å². The van der Waals surface area contributed by atoms with Crippen LogP contribution >= 0.6 is 11.8 Å². The Morgan fingerprint density at radius 3 is 2.68 bits per heavy atom. The van der Waals surface area contributed by atoms with E-state index in [0.717, 1.165) is 27.5 Å². The van der Waals surface area contributed by atoms with Crippen molar-refractivity contribution in [3.8, 4) is 0 Å².